The van der Waals surface area contributed by atoms with Crippen molar-refractivity contribution in [3.63, 3.8) is 0 Å². The molecule has 3 rings (SSSR count). The van der Waals surface area contributed by atoms with Crippen LogP contribution in [-0.4, -0.2) is 50.9 Å². The standard InChI is InChI=1S/C23H25BrN4O6S2/c1-33-18-11-16(12-19(34-2)21(18)24)23(30)28(10-6-9-15-7-4-3-5-8-15)13-20-26-17(14-35-20)22(29)27-36(25,31)32/h3-5,7-8,11-12,14H,6,9-10,13H2,1-2H3,(H,27,29)(H2,25,31,32). The molecule has 3 aromatic rings. The van der Waals surface area contributed by atoms with Crippen molar-refractivity contribution in [2.75, 3.05) is 20.8 Å². The van der Waals surface area contributed by atoms with E-state index in [1.54, 1.807) is 21.8 Å². The number of nitrogens with one attached hydrogen (secondary N) is 1. The van der Waals surface area contributed by atoms with Gasteiger partial charge in [-0.2, -0.15) is 8.42 Å². The molecule has 1 heterocycles. The number of nitrogens with two attached hydrogens (primary N) is 1. The summed E-state index contributed by atoms with van der Waals surface area (Å²) >= 11 is 4.54. The highest BCUT2D eigenvalue weighted by Crippen LogP contribution is 2.36. The molecule has 0 bridgehead atoms. The third kappa shape index (κ3) is 7.50. The van der Waals surface area contributed by atoms with Gasteiger partial charge in [0.15, 0.2) is 0 Å². The molecule has 0 fully saturated rings. The number of ether oxygens (including phenoxy) is 2. The zero-order valence-corrected chi connectivity index (χ0v) is 22.8. The number of halogens is 1. The normalized spacial score (nSPS) is 11.1. The number of rotatable bonds is 11. The number of methoxy groups -OCH3 is 2. The molecular formula is C23H25BrN4O6S2. The van der Waals surface area contributed by atoms with Crippen molar-refractivity contribution in [1.82, 2.24) is 14.6 Å². The van der Waals surface area contributed by atoms with Crippen molar-refractivity contribution in [1.29, 1.82) is 0 Å². The Morgan fingerprint density at radius 3 is 2.36 bits per heavy atom. The van der Waals surface area contributed by atoms with Gasteiger partial charge in [-0.25, -0.2) is 14.8 Å². The average molecular weight is 598 g/mol. The minimum absolute atomic E-state index is 0.104. The molecule has 0 spiro atoms. The van der Waals surface area contributed by atoms with Gasteiger partial charge in [0.25, 0.3) is 22.0 Å². The van der Waals surface area contributed by atoms with E-state index < -0.39 is 16.1 Å². The zero-order valence-electron chi connectivity index (χ0n) is 19.6. The van der Waals surface area contributed by atoms with Gasteiger partial charge < -0.3 is 14.4 Å². The van der Waals surface area contributed by atoms with Crippen LogP contribution in [0.3, 0.4) is 0 Å². The largest absolute Gasteiger partial charge is 0.495 e. The Morgan fingerprint density at radius 2 is 1.78 bits per heavy atom. The molecule has 2 amide bonds. The van der Waals surface area contributed by atoms with Crippen LogP contribution in [0.2, 0.25) is 0 Å². The molecule has 2 aromatic carbocycles. The Bertz CT molecular complexity index is 1310. The molecule has 36 heavy (non-hydrogen) atoms. The van der Waals surface area contributed by atoms with Crippen molar-refractivity contribution in [2.45, 2.75) is 19.4 Å². The Morgan fingerprint density at radius 1 is 1.14 bits per heavy atom. The van der Waals surface area contributed by atoms with E-state index in [1.807, 2.05) is 30.3 Å². The quantitative estimate of drug-likeness (QED) is 0.346. The molecule has 0 unspecified atom stereocenters. The molecule has 10 nitrogen and oxygen atoms in total. The maximum absolute atomic E-state index is 13.6. The number of amides is 2. The van der Waals surface area contributed by atoms with E-state index in [0.717, 1.165) is 23.3 Å². The number of hydrogen-bond acceptors (Lipinski definition) is 8. The number of aromatic nitrogens is 1. The number of carbonyl (C=O) groups is 2. The molecular weight excluding hydrogens is 572 g/mol. The number of thiazole rings is 1. The zero-order chi connectivity index (χ0) is 26.3. The van der Waals surface area contributed by atoms with Gasteiger partial charge in [0.2, 0.25) is 0 Å². The molecule has 0 saturated carbocycles. The molecule has 0 atom stereocenters. The number of benzene rings is 2. The van der Waals surface area contributed by atoms with Gasteiger partial charge in [-0.1, -0.05) is 30.3 Å². The van der Waals surface area contributed by atoms with Crippen LogP contribution in [0.5, 0.6) is 11.5 Å². The number of aryl methyl sites for hydroxylation is 1. The van der Waals surface area contributed by atoms with Crippen LogP contribution in [0, 0.1) is 0 Å². The number of nitrogens with zero attached hydrogens (tertiary/aromatic N) is 2. The van der Waals surface area contributed by atoms with Gasteiger partial charge in [-0.05, 0) is 46.5 Å². The summed E-state index contributed by atoms with van der Waals surface area (Å²) in [6, 6.07) is 13.1. The van der Waals surface area contributed by atoms with E-state index in [1.165, 1.54) is 19.6 Å². The maximum atomic E-state index is 13.6. The molecule has 3 N–H and O–H groups in total. The summed E-state index contributed by atoms with van der Waals surface area (Å²) < 4.78 is 35.3. The summed E-state index contributed by atoms with van der Waals surface area (Å²) in [5.41, 5.74) is 1.40. The highest BCUT2D eigenvalue weighted by atomic mass is 79.9. The Hall–Kier alpha value is -3.00. The van der Waals surface area contributed by atoms with Gasteiger partial charge in [0, 0.05) is 17.5 Å². The fraction of sp³-hybridized carbons (Fsp3) is 0.261. The lowest BCUT2D eigenvalue weighted by Gasteiger charge is -2.23. The topological polar surface area (TPSA) is 141 Å². The van der Waals surface area contributed by atoms with Crippen LogP contribution in [0.1, 0.15) is 37.8 Å². The first kappa shape index (κ1) is 27.6. The summed E-state index contributed by atoms with van der Waals surface area (Å²) in [6.07, 6.45) is 1.45. The molecule has 13 heteroatoms. The number of carbonyl (C=O) groups excluding carboxylic acids is 2. The van der Waals surface area contributed by atoms with E-state index in [-0.39, 0.29) is 18.1 Å². The minimum Gasteiger partial charge on any atom is -0.495 e. The van der Waals surface area contributed by atoms with Crippen LogP contribution in [0.4, 0.5) is 0 Å². The summed E-state index contributed by atoms with van der Waals surface area (Å²) in [5, 5.41) is 6.73. The first-order chi connectivity index (χ1) is 17.1. The van der Waals surface area contributed by atoms with Crippen molar-refractivity contribution < 1.29 is 27.5 Å². The predicted molar refractivity (Wildman–Crippen MR) is 139 cm³/mol. The van der Waals surface area contributed by atoms with Crippen molar-refractivity contribution >= 4 is 49.3 Å². The van der Waals surface area contributed by atoms with Gasteiger partial charge >= 0.3 is 0 Å². The van der Waals surface area contributed by atoms with Crippen molar-refractivity contribution in [3.8, 4) is 11.5 Å². The number of hydrogen-bond donors (Lipinski definition) is 2. The summed E-state index contributed by atoms with van der Waals surface area (Å²) in [7, 11) is -1.23. The Labute approximate surface area is 221 Å². The lowest BCUT2D eigenvalue weighted by Crippen LogP contribution is -2.36. The van der Waals surface area contributed by atoms with Gasteiger partial charge in [0.05, 0.1) is 20.8 Å². The molecule has 0 aliphatic rings. The molecule has 0 radical (unpaired) electrons. The smallest absolute Gasteiger partial charge is 0.299 e. The third-order valence-electron chi connectivity index (χ3n) is 5.06. The van der Waals surface area contributed by atoms with E-state index in [4.69, 9.17) is 14.6 Å². The van der Waals surface area contributed by atoms with Gasteiger partial charge in [-0.3, -0.25) is 9.59 Å². The van der Waals surface area contributed by atoms with Gasteiger partial charge in [0.1, 0.15) is 26.7 Å². The monoisotopic (exact) mass is 596 g/mol. The van der Waals surface area contributed by atoms with E-state index in [2.05, 4.69) is 20.9 Å². The summed E-state index contributed by atoms with van der Waals surface area (Å²) in [5.74, 6) is -0.335. The average Bonchev–Trinajstić information content (AvgIpc) is 3.31. The van der Waals surface area contributed by atoms with Gasteiger partial charge in [-0.15, -0.1) is 11.3 Å². The highest BCUT2D eigenvalue weighted by Gasteiger charge is 2.22. The predicted octanol–water partition coefficient (Wildman–Crippen LogP) is 3.13. The minimum atomic E-state index is -4.22. The van der Waals surface area contributed by atoms with E-state index >= 15 is 0 Å². The second-order valence-electron chi connectivity index (χ2n) is 7.61. The fourth-order valence-electron chi connectivity index (χ4n) is 3.38. The van der Waals surface area contributed by atoms with E-state index in [9.17, 15) is 18.0 Å². The molecule has 0 aliphatic heterocycles. The highest BCUT2D eigenvalue weighted by molar-refractivity contribution is 9.10. The second-order valence-corrected chi connectivity index (χ2v) is 10.6. The lowest BCUT2D eigenvalue weighted by atomic mass is 10.1. The second kappa shape index (κ2) is 12.3. The fourth-order valence-corrected chi connectivity index (χ4v) is 5.08. The maximum Gasteiger partial charge on any atom is 0.299 e. The van der Waals surface area contributed by atoms with E-state index in [0.29, 0.717) is 39.5 Å². The van der Waals surface area contributed by atoms with Crippen LogP contribution in [0.25, 0.3) is 0 Å². The molecule has 1 aromatic heterocycles. The van der Waals surface area contributed by atoms with Crippen LogP contribution in [0.15, 0.2) is 52.3 Å². The third-order valence-corrected chi connectivity index (χ3v) is 7.15. The Balaban J connectivity index is 1.84. The van der Waals surface area contributed by atoms with Crippen LogP contribution >= 0.6 is 27.3 Å². The van der Waals surface area contributed by atoms with Crippen molar-refractivity contribution in [2.24, 2.45) is 5.14 Å². The first-order valence-corrected chi connectivity index (χ1v) is 13.9. The molecule has 0 aliphatic carbocycles. The van der Waals surface area contributed by atoms with Crippen molar-refractivity contribution in [3.05, 3.63) is 74.1 Å². The molecule has 0 saturated heterocycles. The Kier molecular flexibility index (Phi) is 9.43. The van der Waals surface area contributed by atoms with Crippen LogP contribution < -0.4 is 19.3 Å². The summed E-state index contributed by atoms with van der Waals surface area (Å²) in [6.45, 7) is 0.522. The molecule has 192 valence electrons. The van der Waals surface area contributed by atoms with Crippen LogP contribution in [-0.2, 0) is 23.2 Å². The summed E-state index contributed by atoms with van der Waals surface area (Å²) in [4.78, 5) is 31.5. The first-order valence-electron chi connectivity index (χ1n) is 10.6. The lowest BCUT2D eigenvalue weighted by molar-refractivity contribution is 0.0740. The SMILES string of the molecule is COc1cc(C(=O)N(CCCc2ccccc2)Cc2nc(C(=O)NS(N)(=O)=O)cs2)cc(OC)c1Br.